The highest BCUT2D eigenvalue weighted by Crippen LogP contribution is 2.66. The molecule has 0 aromatic heterocycles. The van der Waals surface area contributed by atoms with Gasteiger partial charge in [-0.2, -0.15) is 0 Å². The summed E-state index contributed by atoms with van der Waals surface area (Å²) in [5, 5.41) is 10.4. The third-order valence-electron chi connectivity index (χ3n) is 10.2. The summed E-state index contributed by atoms with van der Waals surface area (Å²) in [6, 6.07) is 0. The molecule has 164 valence electrons. The molecule has 29 heavy (non-hydrogen) atoms. The van der Waals surface area contributed by atoms with E-state index in [1.54, 1.807) is 5.57 Å². The monoisotopic (exact) mass is 398 g/mol. The van der Waals surface area contributed by atoms with Crippen LogP contribution >= 0.6 is 0 Å². The second kappa shape index (κ2) is 7.85. The van der Waals surface area contributed by atoms with Gasteiger partial charge < -0.3 is 5.11 Å². The van der Waals surface area contributed by atoms with Crippen LogP contribution in [0.1, 0.15) is 106 Å². The van der Waals surface area contributed by atoms with Crippen LogP contribution in [0.2, 0.25) is 0 Å². The fraction of sp³-hybridized carbons (Fsp3) is 0.857. The third-order valence-corrected chi connectivity index (χ3v) is 10.2. The number of aliphatic hydroxyl groups excluding tert-OH is 1. The molecule has 0 aromatic carbocycles. The Kier molecular flexibility index (Phi) is 5.86. The molecule has 7 atom stereocenters. The molecule has 2 saturated carbocycles. The van der Waals surface area contributed by atoms with Crippen LogP contribution in [0, 0.1) is 40.4 Å². The molecule has 0 aliphatic heterocycles. The lowest BCUT2D eigenvalue weighted by Crippen LogP contribution is -2.47. The van der Waals surface area contributed by atoms with Gasteiger partial charge in [-0.3, -0.25) is 0 Å². The van der Waals surface area contributed by atoms with Crippen molar-refractivity contribution in [2.45, 2.75) is 112 Å². The normalized spacial score (nSPS) is 43.0. The van der Waals surface area contributed by atoms with Crippen LogP contribution in [0.3, 0.4) is 0 Å². The fourth-order valence-electron chi connectivity index (χ4n) is 8.44. The molecule has 1 N–H and O–H groups in total. The van der Waals surface area contributed by atoms with Crippen molar-refractivity contribution < 1.29 is 5.11 Å². The Morgan fingerprint density at radius 3 is 2.48 bits per heavy atom. The number of hydrogen-bond donors (Lipinski definition) is 1. The van der Waals surface area contributed by atoms with Crippen molar-refractivity contribution in [1.29, 1.82) is 0 Å². The minimum Gasteiger partial charge on any atom is -0.389 e. The van der Waals surface area contributed by atoms with Crippen LogP contribution in [-0.4, -0.2) is 11.2 Å². The minimum absolute atomic E-state index is 0.190. The molecular formula is C28H46O. The Labute approximate surface area is 180 Å². The molecule has 1 nitrogen and oxygen atoms in total. The van der Waals surface area contributed by atoms with E-state index >= 15 is 0 Å². The first-order chi connectivity index (χ1) is 13.7. The van der Waals surface area contributed by atoms with Crippen molar-refractivity contribution in [1.82, 2.24) is 0 Å². The van der Waals surface area contributed by atoms with Gasteiger partial charge in [0.1, 0.15) is 0 Å². The van der Waals surface area contributed by atoms with E-state index < -0.39 is 0 Å². The van der Waals surface area contributed by atoms with Crippen LogP contribution in [0.5, 0.6) is 0 Å². The molecule has 0 radical (unpaired) electrons. The van der Waals surface area contributed by atoms with E-state index in [2.05, 4.69) is 47.6 Å². The molecule has 0 spiro atoms. The minimum atomic E-state index is -0.190. The van der Waals surface area contributed by atoms with E-state index in [0.29, 0.717) is 10.8 Å². The average molecular weight is 399 g/mol. The number of aliphatic hydroxyl groups is 1. The SMILES string of the molecule is CC1=C2CC=C3[C@@H]4CC[C@H]([C@H](C)CCCC(C)C)[C@@]4(C)CC[C@@H]3[C@@]2(C)CC[C@H]1O. The summed E-state index contributed by atoms with van der Waals surface area (Å²) in [7, 11) is 0. The lowest BCUT2D eigenvalue weighted by atomic mass is 9.49. The maximum absolute atomic E-state index is 10.4. The highest BCUT2D eigenvalue weighted by molar-refractivity contribution is 5.39. The zero-order valence-corrected chi connectivity index (χ0v) is 20.1. The number of hydrogen-bond acceptors (Lipinski definition) is 1. The number of rotatable bonds is 5. The summed E-state index contributed by atoms with van der Waals surface area (Å²) < 4.78 is 0. The van der Waals surface area contributed by atoms with E-state index in [4.69, 9.17) is 0 Å². The van der Waals surface area contributed by atoms with E-state index in [-0.39, 0.29) is 6.10 Å². The highest BCUT2D eigenvalue weighted by atomic mass is 16.3. The first-order valence-corrected chi connectivity index (χ1v) is 12.8. The summed E-state index contributed by atoms with van der Waals surface area (Å²) in [6.07, 6.45) is 15.6. The number of fused-ring (bicyclic) bond motifs is 5. The van der Waals surface area contributed by atoms with Gasteiger partial charge in [-0.15, -0.1) is 0 Å². The Balaban J connectivity index is 1.55. The van der Waals surface area contributed by atoms with Crippen molar-refractivity contribution in [3.8, 4) is 0 Å². The second-order valence-corrected chi connectivity index (χ2v) is 12.2. The third kappa shape index (κ3) is 3.48. The molecule has 0 saturated heterocycles. The van der Waals surface area contributed by atoms with Crippen molar-refractivity contribution in [3.63, 3.8) is 0 Å². The molecule has 2 fully saturated rings. The lowest BCUT2D eigenvalue weighted by Gasteiger charge is -2.56. The van der Waals surface area contributed by atoms with Crippen LogP contribution in [0.15, 0.2) is 22.8 Å². The average Bonchev–Trinajstić information content (AvgIpc) is 3.02. The summed E-state index contributed by atoms with van der Waals surface area (Å²) in [6.45, 7) is 14.7. The summed E-state index contributed by atoms with van der Waals surface area (Å²) in [5.74, 6) is 4.20. The van der Waals surface area contributed by atoms with Crippen LogP contribution < -0.4 is 0 Å². The Hall–Kier alpha value is -0.560. The van der Waals surface area contributed by atoms with Gasteiger partial charge in [-0.1, -0.05) is 71.1 Å². The molecule has 0 unspecified atom stereocenters. The van der Waals surface area contributed by atoms with E-state index in [9.17, 15) is 5.11 Å². The van der Waals surface area contributed by atoms with Crippen LogP contribution in [0.25, 0.3) is 0 Å². The van der Waals surface area contributed by atoms with E-state index in [0.717, 1.165) is 42.4 Å². The lowest BCUT2D eigenvalue weighted by molar-refractivity contribution is 0.0396. The van der Waals surface area contributed by atoms with Gasteiger partial charge >= 0.3 is 0 Å². The van der Waals surface area contributed by atoms with Crippen molar-refractivity contribution in [2.75, 3.05) is 0 Å². The molecule has 4 aliphatic rings. The summed E-state index contributed by atoms with van der Waals surface area (Å²) >= 11 is 0. The predicted octanol–water partition coefficient (Wildman–Crippen LogP) is 7.70. The van der Waals surface area contributed by atoms with Gasteiger partial charge in [0, 0.05) is 0 Å². The van der Waals surface area contributed by atoms with E-state index in [1.165, 1.54) is 56.9 Å². The number of allylic oxidation sites excluding steroid dienone is 3. The highest BCUT2D eigenvalue weighted by Gasteiger charge is 2.57. The molecule has 0 heterocycles. The first kappa shape index (κ1) is 21.7. The second-order valence-electron chi connectivity index (χ2n) is 12.2. The topological polar surface area (TPSA) is 20.2 Å². The predicted molar refractivity (Wildman–Crippen MR) is 124 cm³/mol. The Morgan fingerprint density at radius 2 is 1.76 bits per heavy atom. The summed E-state index contributed by atoms with van der Waals surface area (Å²) in [4.78, 5) is 0. The maximum Gasteiger partial charge on any atom is 0.0750 e. The molecule has 1 heteroatoms. The smallest absolute Gasteiger partial charge is 0.0750 e. The standard InChI is InChI=1S/C28H46O/c1-18(2)8-7-9-19(3)22-12-13-24-21-10-11-23-20(4)26(29)15-17-28(23,6)25(21)14-16-27(22,24)5/h10,18-19,22,24-26,29H,7-9,11-17H2,1-6H3/t19-,22-,24+,25+,26-,27-,28+/m1/s1. The molecule has 4 aliphatic carbocycles. The van der Waals surface area contributed by atoms with Gasteiger partial charge in [0.05, 0.1) is 6.10 Å². The molecule has 0 bridgehead atoms. The van der Waals surface area contributed by atoms with Crippen molar-refractivity contribution >= 4 is 0 Å². The molecule has 4 rings (SSSR count). The zero-order chi connectivity index (χ0) is 21.0. The molecule has 0 amide bonds. The van der Waals surface area contributed by atoms with Crippen LogP contribution in [-0.2, 0) is 0 Å². The quantitative estimate of drug-likeness (QED) is 0.470. The van der Waals surface area contributed by atoms with Gasteiger partial charge in [-0.25, -0.2) is 0 Å². The Morgan fingerprint density at radius 1 is 1.00 bits per heavy atom. The van der Waals surface area contributed by atoms with Gasteiger partial charge in [-0.05, 0) is 97.9 Å². The fourth-order valence-corrected chi connectivity index (χ4v) is 8.44. The molecular weight excluding hydrogens is 352 g/mol. The van der Waals surface area contributed by atoms with Gasteiger partial charge in [0.15, 0.2) is 0 Å². The largest absolute Gasteiger partial charge is 0.389 e. The zero-order valence-electron chi connectivity index (χ0n) is 20.1. The van der Waals surface area contributed by atoms with E-state index in [1.807, 2.05) is 5.57 Å². The van der Waals surface area contributed by atoms with Gasteiger partial charge in [0.25, 0.3) is 0 Å². The van der Waals surface area contributed by atoms with Crippen molar-refractivity contribution in [2.24, 2.45) is 40.4 Å². The molecule has 0 aromatic rings. The summed E-state index contributed by atoms with van der Waals surface area (Å²) in [5.41, 5.74) is 5.57. The maximum atomic E-state index is 10.4. The first-order valence-electron chi connectivity index (χ1n) is 12.8. The van der Waals surface area contributed by atoms with Crippen LogP contribution in [0.4, 0.5) is 0 Å². The van der Waals surface area contributed by atoms with Gasteiger partial charge in [0.2, 0.25) is 0 Å². The Bertz CT molecular complexity index is 684. The van der Waals surface area contributed by atoms with Crippen molar-refractivity contribution in [3.05, 3.63) is 22.8 Å².